The fourth-order valence-electron chi connectivity index (χ4n) is 1.94. The maximum absolute atomic E-state index is 11.0. The van der Waals surface area contributed by atoms with E-state index in [0.717, 1.165) is 19.0 Å². The molecule has 0 spiro atoms. The summed E-state index contributed by atoms with van der Waals surface area (Å²) in [6.45, 7) is 5.87. The summed E-state index contributed by atoms with van der Waals surface area (Å²) >= 11 is 0. The maximum atomic E-state index is 11.0. The molecule has 0 N–H and O–H groups in total. The largest absolute Gasteiger partial charge is 0.343 e. The van der Waals surface area contributed by atoms with Gasteiger partial charge in [0.15, 0.2) is 0 Å². The summed E-state index contributed by atoms with van der Waals surface area (Å²) < 4.78 is 0. The van der Waals surface area contributed by atoms with Crippen LogP contribution in [-0.2, 0) is 4.79 Å². The highest BCUT2D eigenvalue weighted by Gasteiger charge is 2.19. The van der Waals surface area contributed by atoms with Crippen molar-refractivity contribution in [1.29, 1.82) is 0 Å². The third-order valence-electron chi connectivity index (χ3n) is 2.76. The molecule has 2 nitrogen and oxygen atoms in total. The van der Waals surface area contributed by atoms with Crippen molar-refractivity contribution in [2.75, 3.05) is 13.1 Å². The van der Waals surface area contributed by atoms with Crippen molar-refractivity contribution in [3.05, 3.63) is 0 Å². The molecule has 70 valence electrons. The summed E-state index contributed by atoms with van der Waals surface area (Å²) in [5, 5.41) is 0. The van der Waals surface area contributed by atoms with Crippen LogP contribution in [0.3, 0.4) is 0 Å². The summed E-state index contributed by atoms with van der Waals surface area (Å²) in [5.41, 5.74) is 0. The average molecular weight is 169 g/mol. The first-order valence-electron chi connectivity index (χ1n) is 4.99. The van der Waals surface area contributed by atoms with Gasteiger partial charge in [0.25, 0.3) is 0 Å². The van der Waals surface area contributed by atoms with Gasteiger partial charge in [0.05, 0.1) is 0 Å². The minimum atomic E-state index is 0.241. The molecular formula is C10H19NO. The lowest BCUT2D eigenvalue weighted by atomic mass is 9.92. The van der Waals surface area contributed by atoms with E-state index in [1.807, 2.05) is 4.90 Å². The number of rotatable bonds is 2. The summed E-state index contributed by atoms with van der Waals surface area (Å²) in [4.78, 5) is 13.0. The molecule has 0 aromatic heterocycles. The smallest absolute Gasteiger partial charge is 0.219 e. The highest BCUT2D eigenvalue weighted by molar-refractivity contribution is 5.73. The first-order valence-corrected chi connectivity index (χ1v) is 4.99. The molecule has 1 fully saturated rings. The number of likely N-dealkylation sites (tertiary alicyclic amines) is 1. The number of carbonyl (C=O) groups excluding carboxylic acids is 1. The van der Waals surface area contributed by atoms with E-state index in [2.05, 4.69) is 6.92 Å². The third-order valence-corrected chi connectivity index (χ3v) is 2.76. The van der Waals surface area contributed by atoms with Gasteiger partial charge in [-0.3, -0.25) is 4.79 Å². The lowest BCUT2D eigenvalue weighted by molar-refractivity contribution is -0.130. The molecule has 0 atom stereocenters. The van der Waals surface area contributed by atoms with Gasteiger partial charge in [-0.2, -0.15) is 0 Å². The normalized spacial score (nSPS) is 19.7. The van der Waals surface area contributed by atoms with Crippen molar-refractivity contribution in [2.45, 2.75) is 39.5 Å². The quantitative estimate of drug-likeness (QED) is 0.619. The van der Waals surface area contributed by atoms with Crippen LogP contribution < -0.4 is 0 Å². The highest BCUT2D eigenvalue weighted by atomic mass is 16.2. The Balaban J connectivity index is 2.25. The van der Waals surface area contributed by atoms with Crippen molar-refractivity contribution >= 4 is 5.91 Å². The topological polar surface area (TPSA) is 20.3 Å². The fraction of sp³-hybridized carbons (Fsp3) is 0.900. The maximum Gasteiger partial charge on any atom is 0.219 e. The molecule has 0 unspecified atom stereocenters. The van der Waals surface area contributed by atoms with Gasteiger partial charge < -0.3 is 4.90 Å². The SMILES string of the molecule is CCCC1CCN(C(C)=O)CC1. The highest BCUT2D eigenvalue weighted by Crippen LogP contribution is 2.21. The molecular weight excluding hydrogens is 150 g/mol. The summed E-state index contributed by atoms with van der Waals surface area (Å²) in [6.07, 6.45) is 5.05. The second kappa shape index (κ2) is 4.48. The standard InChI is InChI=1S/C10H19NO/c1-3-4-10-5-7-11(8-6-10)9(2)12/h10H,3-8H2,1-2H3. The van der Waals surface area contributed by atoms with Crippen molar-refractivity contribution in [2.24, 2.45) is 5.92 Å². The van der Waals surface area contributed by atoms with Gasteiger partial charge in [0, 0.05) is 20.0 Å². The molecule has 0 bridgehead atoms. The molecule has 1 rings (SSSR count). The number of carbonyl (C=O) groups is 1. The molecule has 0 aromatic carbocycles. The molecule has 2 heteroatoms. The molecule has 1 aliphatic rings. The van der Waals surface area contributed by atoms with Crippen LogP contribution in [0.4, 0.5) is 0 Å². The summed E-state index contributed by atoms with van der Waals surface area (Å²) in [5.74, 6) is 1.12. The molecule has 0 aliphatic carbocycles. The van der Waals surface area contributed by atoms with Gasteiger partial charge in [0.1, 0.15) is 0 Å². The van der Waals surface area contributed by atoms with E-state index in [1.165, 1.54) is 25.7 Å². The summed E-state index contributed by atoms with van der Waals surface area (Å²) in [6, 6.07) is 0. The van der Waals surface area contributed by atoms with E-state index >= 15 is 0 Å². The predicted octanol–water partition coefficient (Wildman–Crippen LogP) is 2.04. The molecule has 1 saturated heterocycles. The lowest BCUT2D eigenvalue weighted by Gasteiger charge is -2.31. The molecule has 0 aromatic rings. The van der Waals surface area contributed by atoms with Crippen LogP contribution in [0.1, 0.15) is 39.5 Å². The number of nitrogens with zero attached hydrogens (tertiary/aromatic N) is 1. The van der Waals surface area contributed by atoms with E-state index in [0.29, 0.717) is 0 Å². The zero-order valence-electron chi connectivity index (χ0n) is 8.18. The van der Waals surface area contributed by atoms with Crippen LogP contribution >= 0.6 is 0 Å². The van der Waals surface area contributed by atoms with Crippen molar-refractivity contribution in [1.82, 2.24) is 4.90 Å². The molecule has 1 aliphatic heterocycles. The molecule has 0 radical (unpaired) electrons. The van der Waals surface area contributed by atoms with Crippen LogP contribution in [0, 0.1) is 5.92 Å². The minimum Gasteiger partial charge on any atom is -0.343 e. The predicted molar refractivity (Wildman–Crippen MR) is 49.9 cm³/mol. The minimum absolute atomic E-state index is 0.241. The van der Waals surface area contributed by atoms with Crippen LogP contribution in [0.2, 0.25) is 0 Å². The Hall–Kier alpha value is -0.530. The second-order valence-electron chi connectivity index (χ2n) is 3.74. The van der Waals surface area contributed by atoms with Crippen molar-refractivity contribution in [3.8, 4) is 0 Å². The van der Waals surface area contributed by atoms with E-state index < -0.39 is 0 Å². The zero-order valence-corrected chi connectivity index (χ0v) is 8.18. The molecule has 1 amide bonds. The molecule has 0 saturated carbocycles. The fourth-order valence-corrected chi connectivity index (χ4v) is 1.94. The third kappa shape index (κ3) is 2.50. The first kappa shape index (κ1) is 9.56. The Morgan fingerprint density at radius 2 is 2.00 bits per heavy atom. The van der Waals surface area contributed by atoms with Gasteiger partial charge >= 0.3 is 0 Å². The van der Waals surface area contributed by atoms with Gasteiger partial charge in [-0.1, -0.05) is 19.8 Å². The van der Waals surface area contributed by atoms with Gasteiger partial charge in [-0.15, -0.1) is 0 Å². The Morgan fingerprint density at radius 1 is 1.42 bits per heavy atom. The Labute approximate surface area is 74.9 Å². The average Bonchev–Trinajstić information content (AvgIpc) is 2.06. The number of hydrogen-bond donors (Lipinski definition) is 0. The number of piperidine rings is 1. The lowest BCUT2D eigenvalue weighted by Crippen LogP contribution is -2.36. The molecule has 1 heterocycles. The van der Waals surface area contributed by atoms with Crippen LogP contribution in [0.15, 0.2) is 0 Å². The van der Waals surface area contributed by atoms with E-state index in [-0.39, 0.29) is 5.91 Å². The van der Waals surface area contributed by atoms with Crippen LogP contribution in [0.25, 0.3) is 0 Å². The van der Waals surface area contributed by atoms with E-state index in [1.54, 1.807) is 6.92 Å². The second-order valence-corrected chi connectivity index (χ2v) is 3.74. The Morgan fingerprint density at radius 3 is 2.42 bits per heavy atom. The van der Waals surface area contributed by atoms with Gasteiger partial charge in [-0.25, -0.2) is 0 Å². The zero-order chi connectivity index (χ0) is 8.97. The monoisotopic (exact) mass is 169 g/mol. The van der Waals surface area contributed by atoms with Crippen molar-refractivity contribution < 1.29 is 4.79 Å². The Kier molecular flexibility index (Phi) is 3.57. The molecule has 12 heavy (non-hydrogen) atoms. The van der Waals surface area contributed by atoms with Gasteiger partial charge in [-0.05, 0) is 18.8 Å². The first-order chi connectivity index (χ1) is 5.74. The van der Waals surface area contributed by atoms with Gasteiger partial charge in [0.2, 0.25) is 5.91 Å². The summed E-state index contributed by atoms with van der Waals surface area (Å²) in [7, 11) is 0. The van der Waals surface area contributed by atoms with Crippen LogP contribution in [-0.4, -0.2) is 23.9 Å². The number of amides is 1. The Bertz CT molecular complexity index is 148. The van der Waals surface area contributed by atoms with E-state index in [9.17, 15) is 4.79 Å². The van der Waals surface area contributed by atoms with E-state index in [4.69, 9.17) is 0 Å². The number of hydrogen-bond acceptors (Lipinski definition) is 1. The van der Waals surface area contributed by atoms with Crippen molar-refractivity contribution in [3.63, 3.8) is 0 Å². The van der Waals surface area contributed by atoms with Crippen LogP contribution in [0.5, 0.6) is 0 Å².